The molecule has 1 aromatic carbocycles. The summed E-state index contributed by atoms with van der Waals surface area (Å²) in [6.07, 6.45) is 1.71. The Hall–Kier alpha value is -2.44. The van der Waals surface area contributed by atoms with Crippen molar-refractivity contribution >= 4 is 45.5 Å². The van der Waals surface area contributed by atoms with Crippen molar-refractivity contribution in [2.24, 2.45) is 0 Å². The fraction of sp³-hybridized carbons (Fsp3) is 0.118. The topological polar surface area (TPSA) is 66.9 Å². The number of benzene rings is 1. The predicted molar refractivity (Wildman–Crippen MR) is 98.5 cm³/mol. The SMILES string of the molecule is Cc1cccnc1Nc1nc(C(=O)Nc2c(C)cccc2Cl)cs1. The maximum Gasteiger partial charge on any atom is 0.275 e. The predicted octanol–water partition coefficient (Wildman–Crippen LogP) is 4.80. The number of amides is 1. The van der Waals surface area contributed by atoms with Gasteiger partial charge in [-0.05, 0) is 37.1 Å². The standard InChI is InChI=1S/C17H15ClN4OS/c1-10-5-3-7-12(18)14(10)21-16(23)13-9-24-17(20-13)22-15-11(2)6-4-8-19-15/h3-9H,1-2H3,(H,21,23)(H,19,20,22). The van der Waals surface area contributed by atoms with Crippen LogP contribution in [0.5, 0.6) is 0 Å². The number of nitrogens with one attached hydrogen (secondary N) is 2. The molecule has 2 N–H and O–H groups in total. The number of nitrogens with zero attached hydrogens (tertiary/aromatic N) is 2. The molecule has 0 saturated carbocycles. The Kier molecular flexibility index (Phi) is 4.78. The van der Waals surface area contributed by atoms with Crippen LogP contribution in [0.15, 0.2) is 41.9 Å². The monoisotopic (exact) mass is 358 g/mol. The second-order valence-electron chi connectivity index (χ2n) is 5.22. The quantitative estimate of drug-likeness (QED) is 0.702. The minimum Gasteiger partial charge on any atom is -0.319 e. The first-order chi connectivity index (χ1) is 11.5. The fourth-order valence-electron chi connectivity index (χ4n) is 2.12. The van der Waals surface area contributed by atoms with Gasteiger partial charge >= 0.3 is 0 Å². The molecule has 5 nitrogen and oxygen atoms in total. The summed E-state index contributed by atoms with van der Waals surface area (Å²) in [5.41, 5.74) is 2.83. The molecular formula is C17H15ClN4OS. The molecular weight excluding hydrogens is 344 g/mol. The van der Waals surface area contributed by atoms with Gasteiger partial charge in [0.15, 0.2) is 5.13 Å². The number of pyridine rings is 1. The van der Waals surface area contributed by atoms with Crippen LogP contribution >= 0.6 is 22.9 Å². The molecule has 0 unspecified atom stereocenters. The molecule has 0 saturated heterocycles. The smallest absolute Gasteiger partial charge is 0.275 e. The molecule has 0 aliphatic rings. The van der Waals surface area contributed by atoms with Crippen LogP contribution < -0.4 is 10.6 Å². The Morgan fingerprint density at radius 2 is 1.96 bits per heavy atom. The third kappa shape index (κ3) is 3.55. The minimum atomic E-state index is -0.298. The Morgan fingerprint density at radius 1 is 1.17 bits per heavy atom. The van der Waals surface area contributed by atoms with E-state index in [0.29, 0.717) is 21.5 Å². The van der Waals surface area contributed by atoms with Crippen molar-refractivity contribution in [1.82, 2.24) is 9.97 Å². The number of thiazole rings is 1. The maximum absolute atomic E-state index is 12.4. The van der Waals surface area contributed by atoms with E-state index in [2.05, 4.69) is 20.6 Å². The first kappa shape index (κ1) is 16.4. The van der Waals surface area contributed by atoms with Crippen LogP contribution in [-0.4, -0.2) is 15.9 Å². The van der Waals surface area contributed by atoms with Crippen molar-refractivity contribution in [3.8, 4) is 0 Å². The molecule has 0 atom stereocenters. The van der Waals surface area contributed by atoms with Crippen molar-refractivity contribution in [3.63, 3.8) is 0 Å². The molecule has 2 aromatic heterocycles. The van der Waals surface area contributed by atoms with Crippen molar-refractivity contribution in [3.05, 3.63) is 63.8 Å². The first-order valence-electron chi connectivity index (χ1n) is 7.25. The van der Waals surface area contributed by atoms with Gasteiger partial charge < -0.3 is 10.6 Å². The van der Waals surface area contributed by atoms with Crippen LogP contribution in [0, 0.1) is 13.8 Å². The van der Waals surface area contributed by atoms with Crippen LogP contribution in [0.4, 0.5) is 16.6 Å². The number of para-hydroxylation sites is 1. The molecule has 0 radical (unpaired) electrons. The Bertz CT molecular complexity index is 874. The van der Waals surface area contributed by atoms with Gasteiger partial charge in [-0.25, -0.2) is 9.97 Å². The number of rotatable bonds is 4. The van der Waals surface area contributed by atoms with Gasteiger partial charge in [0.2, 0.25) is 0 Å². The number of carbonyl (C=O) groups excluding carboxylic acids is 1. The Balaban J connectivity index is 1.76. The number of carbonyl (C=O) groups is 1. The van der Waals surface area contributed by atoms with Crippen LogP contribution in [0.3, 0.4) is 0 Å². The second-order valence-corrected chi connectivity index (χ2v) is 6.48. The average Bonchev–Trinajstić information content (AvgIpc) is 3.02. The molecule has 0 spiro atoms. The van der Waals surface area contributed by atoms with E-state index in [9.17, 15) is 4.79 Å². The Morgan fingerprint density at radius 3 is 2.71 bits per heavy atom. The lowest BCUT2D eigenvalue weighted by atomic mass is 10.2. The van der Waals surface area contributed by atoms with Gasteiger partial charge in [0.05, 0.1) is 10.7 Å². The fourth-order valence-corrected chi connectivity index (χ4v) is 3.08. The molecule has 0 fully saturated rings. The van der Waals surface area contributed by atoms with Gasteiger partial charge in [-0.1, -0.05) is 29.8 Å². The molecule has 3 aromatic rings. The zero-order valence-electron chi connectivity index (χ0n) is 13.1. The molecule has 1 amide bonds. The number of hydrogen-bond acceptors (Lipinski definition) is 5. The molecule has 0 aliphatic carbocycles. The highest BCUT2D eigenvalue weighted by atomic mass is 35.5. The maximum atomic E-state index is 12.4. The summed E-state index contributed by atoms with van der Waals surface area (Å²) in [7, 11) is 0. The summed E-state index contributed by atoms with van der Waals surface area (Å²) in [6, 6.07) is 9.29. The summed E-state index contributed by atoms with van der Waals surface area (Å²) in [5.74, 6) is 0.425. The summed E-state index contributed by atoms with van der Waals surface area (Å²) in [6.45, 7) is 3.84. The molecule has 7 heteroatoms. The summed E-state index contributed by atoms with van der Waals surface area (Å²) >= 11 is 7.48. The second kappa shape index (κ2) is 6.98. The van der Waals surface area contributed by atoms with E-state index in [4.69, 9.17) is 11.6 Å². The number of aromatic nitrogens is 2. The number of halogens is 1. The summed E-state index contributed by atoms with van der Waals surface area (Å²) in [4.78, 5) is 21.0. The van der Waals surface area contributed by atoms with Crippen LogP contribution in [0.2, 0.25) is 5.02 Å². The largest absolute Gasteiger partial charge is 0.319 e. The van der Waals surface area contributed by atoms with E-state index >= 15 is 0 Å². The normalized spacial score (nSPS) is 10.5. The highest BCUT2D eigenvalue weighted by Gasteiger charge is 2.14. The van der Waals surface area contributed by atoms with Crippen molar-refractivity contribution in [2.75, 3.05) is 10.6 Å². The highest BCUT2D eigenvalue weighted by molar-refractivity contribution is 7.14. The van der Waals surface area contributed by atoms with E-state index in [-0.39, 0.29) is 5.91 Å². The molecule has 122 valence electrons. The molecule has 3 rings (SSSR count). The van der Waals surface area contributed by atoms with Crippen LogP contribution in [0.1, 0.15) is 21.6 Å². The van der Waals surface area contributed by atoms with Gasteiger partial charge in [0.1, 0.15) is 11.5 Å². The zero-order valence-corrected chi connectivity index (χ0v) is 14.7. The molecule has 0 bridgehead atoms. The third-order valence-corrected chi connectivity index (χ3v) is 4.50. The lowest BCUT2D eigenvalue weighted by Crippen LogP contribution is -2.13. The van der Waals surface area contributed by atoms with Crippen molar-refractivity contribution < 1.29 is 4.79 Å². The van der Waals surface area contributed by atoms with E-state index in [1.54, 1.807) is 17.6 Å². The number of anilines is 3. The average molecular weight is 359 g/mol. The van der Waals surface area contributed by atoms with E-state index < -0.39 is 0 Å². The van der Waals surface area contributed by atoms with Gasteiger partial charge in [0.25, 0.3) is 5.91 Å². The van der Waals surface area contributed by atoms with Crippen LogP contribution in [0.25, 0.3) is 0 Å². The van der Waals surface area contributed by atoms with Gasteiger partial charge in [-0.15, -0.1) is 11.3 Å². The number of aryl methyl sites for hydroxylation is 2. The van der Waals surface area contributed by atoms with E-state index in [1.165, 1.54) is 11.3 Å². The molecule has 2 heterocycles. The van der Waals surface area contributed by atoms with Gasteiger partial charge in [-0.2, -0.15) is 0 Å². The van der Waals surface area contributed by atoms with Crippen LogP contribution in [-0.2, 0) is 0 Å². The van der Waals surface area contributed by atoms with E-state index in [1.807, 2.05) is 38.1 Å². The number of hydrogen-bond donors (Lipinski definition) is 2. The lowest BCUT2D eigenvalue weighted by molar-refractivity contribution is 0.102. The van der Waals surface area contributed by atoms with Gasteiger partial charge in [-0.3, -0.25) is 4.79 Å². The first-order valence-corrected chi connectivity index (χ1v) is 8.51. The molecule has 24 heavy (non-hydrogen) atoms. The van der Waals surface area contributed by atoms with E-state index in [0.717, 1.165) is 16.9 Å². The van der Waals surface area contributed by atoms with Crippen molar-refractivity contribution in [1.29, 1.82) is 0 Å². The molecule has 0 aliphatic heterocycles. The minimum absolute atomic E-state index is 0.298. The summed E-state index contributed by atoms with van der Waals surface area (Å²) < 4.78 is 0. The summed E-state index contributed by atoms with van der Waals surface area (Å²) in [5, 5.41) is 8.74. The lowest BCUT2D eigenvalue weighted by Gasteiger charge is -2.08. The highest BCUT2D eigenvalue weighted by Crippen LogP contribution is 2.27. The third-order valence-electron chi connectivity index (χ3n) is 3.43. The van der Waals surface area contributed by atoms with Crippen molar-refractivity contribution in [2.45, 2.75) is 13.8 Å². The Labute approximate surface area is 148 Å². The van der Waals surface area contributed by atoms with Gasteiger partial charge in [0, 0.05) is 11.6 Å². The zero-order chi connectivity index (χ0) is 17.1.